The molecule has 1 aromatic heterocycles. The van der Waals surface area contributed by atoms with Gasteiger partial charge in [0.05, 0.1) is 11.1 Å². The highest BCUT2D eigenvalue weighted by Crippen LogP contribution is 2.18. The second-order valence-electron chi connectivity index (χ2n) is 4.57. The van der Waals surface area contributed by atoms with Gasteiger partial charge in [0.25, 0.3) is 0 Å². The zero-order valence-electron chi connectivity index (χ0n) is 11.7. The molecule has 2 aromatic rings. The third kappa shape index (κ3) is 3.67. The first-order valence-electron chi connectivity index (χ1n) is 6.21. The van der Waals surface area contributed by atoms with Gasteiger partial charge in [0.15, 0.2) is 0 Å². The third-order valence-electron chi connectivity index (χ3n) is 2.84. The molecule has 0 saturated carbocycles. The lowest BCUT2D eigenvalue weighted by Gasteiger charge is -2.16. The fourth-order valence-electron chi connectivity index (χ4n) is 1.80. The Labute approximate surface area is 123 Å². The lowest BCUT2D eigenvalue weighted by Crippen LogP contribution is -2.26. The number of amides is 1. The number of H-pyrrole nitrogens is 1. The predicted octanol–water partition coefficient (Wildman–Crippen LogP) is 1.19. The summed E-state index contributed by atoms with van der Waals surface area (Å²) in [6, 6.07) is 6.04. The SMILES string of the molecule is CC(=O)Nc1ccc(S(=O)(=O)N(C)Cc2cn[nH]c2)cc1. The summed E-state index contributed by atoms with van der Waals surface area (Å²) in [5, 5.41) is 9.01. The largest absolute Gasteiger partial charge is 0.326 e. The van der Waals surface area contributed by atoms with Crippen LogP contribution in [0.5, 0.6) is 0 Å². The molecule has 0 fully saturated rings. The van der Waals surface area contributed by atoms with Crippen molar-refractivity contribution in [3.05, 3.63) is 42.2 Å². The van der Waals surface area contributed by atoms with E-state index in [1.807, 2.05) is 0 Å². The van der Waals surface area contributed by atoms with E-state index in [0.29, 0.717) is 5.69 Å². The van der Waals surface area contributed by atoms with Crippen LogP contribution in [0, 0.1) is 0 Å². The maximum absolute atomic E-state index is 12.4. The van der Waals surface area contributed by atoms with Gasteiger partial charge in [-0.05, 0) is 24.3 Å². The molecule has 1 amide bonds. The van der Waals surface area contributed by atoms with E-state index in [0.717, 1.165) is 5.56 Å². The molecule has 7 nitrogen and oxygen atoms in total. The minimum atomic E-state index is -3.58. The van der Waals surface area contributed by atoms with Crippen molar-refractivity contribution in [1.29, 1.82) is 0 Å². The molecule has 0 aliphatic carbocycles. The molecule has 0 atom stereocenters. The molecular weight excluding hydrogens is 292 g/mol. The summed E-state index contributed by atoms with van der Waals surface area (Å²) in [6.45, 7) is 1.62. The first kappa shape index (κ1) is 15.2. The van der Waals surface area contributed by atoms with Crippen LogP contribution in [0.2, 0.25) is 0 Å². The van der Waals surface area contributed by atoms with Gasteiger partial charge in [0.1, 0.15) is 0 Å². The van der Waals surface area contributed by atoms with Gasteiger partial charge in [-0.15, -0.1) is 0 Å². The summed E-state index contributed by atoms with van der Waals surface area (Å²) < 4.78 is 26.0. The van der Waals surface area contributed by atoms with E-state index in [9.17, 15) is 13.2 Å². The number of aromatic amines is 1. The maximum Gasteiger partial charge on any atom is 0.243 e. The van der Waals surface area contributed by atoms with Crippen molar-refractivity contribution >= 4 is 21.6 Å². The number of sulfonamides is 1. The molecular formula is C13H16N4O3S. The number of nitrogens with zero attached hydrogens (tertiary/aromatic N) is 2. The van der Waals surface area contributed by atoms with Crippen LogP contribution in [0.1, 0.15) is 12.5 Å². The molecule has 0 bridgehead atoms. The fourth-order valence-corrected chi connectivity index (χ4v) is 2.96. The summed E-state index contributed by atoms with van der Waals surface area (Å²) in [5.74, 6) is -0.206. The van der Waals surface area contributed by atoms with Gasteiger partial charge in [-0.2, -0.15) is 9.40 Å². The summed E-state index contributed by atoms with van der Waals surface area (Å²) in [6.07, 6.45) is 3.22. The van der Waals surface area contributed by atoms with Crippen molar-refractivity contribution in [1.82, 2.24) is 14.5 Å². The molecule has 0 radical (unpaired) electrons. The average molecular weight is 308 g/mol. The van der Waals surface area contributed by atoms with Gasteiger partial charge in [-0.1, -0.05) is 0 Å². The van der Waals surface area contributed by atoms with E-state index in [2.05, 4.69) is 15.5 Å². The summed E-state index contributed by atoms with van der Waals surface area (Å²) >= 11 is 0. The number of nitrogens with one attached hydrogen (secondary N) is 2. The molecule has 112 valence electrons. The van der Waals surface area contributed by atoms with Crippen LogP contribution in [0.4, 0.5) is 5.69 Å². The number of carbonyl (C=O) groups is 1. The van der Waals surface area contributed by atoms with Gasteiger partial charge >= 0.3 is 0 Å². The molecule has 0 unspecified atom stereocenters. The second kappa shape index (κ2) is 6.06. The minimum absolute atomic E-state index is 0.169. The van der Waals surface area contributed by atoms with Crippen LogP contribution in [-0.4, -0.2) is 35.9 Å². The standard InChI is InChI=1S/C13H16N4O3S/c1-10(18)16-12-3-5-13(6-4-12)21(19,20)17(2)9-11-7-14-15-8-11/h3-8H,9H2,1-2H3,(H,14,15)(H,16,18). The van der Waals surface area contributed by atoms with Gasteiger partial charge in [-0.3, -0.25) is 9.89 Å². The number of aromatic nitrogens is 2. The zero-order chi connectivity index (χ0) is 15.5. The average Bonchev–Trinajstić information content (AvgIpc) is 2.91. The van der Waals surface area contributed by atoms with Crippen LogP contribution >= 0.6 is 0 Å². The first-order chi connectivity index (χ1) is 9.89. The molecule has 2 N–H and O–H groups in total. The van der Waals surface area contributed by atoms with Crippen LogP contribution < -0.4 is 5.32 Å². The Hall–Kier alpha value is -2.19. The topological polar surface area (TPSA) is 95.2 Å². The monoisotopic (exact) mass is 308 g/mol. The van der Waals surface area contributed by atoms with Crippen LogP contribution in [0.3, 0.4) is 0 Å². The quantitative estimate of drug-likeness (QED) is 0.867. The summed E-state index contributed by atoms with van der Waals surface area (Å²) in [5.41, 5.74) is 1.33. The highest BCUT2D eigenvalue weighted by molar-refractivity contribution is 7.89. The number of benzene rings is 1. The predicted molar refractivity (Wildman–Crippen MR) is 78.0 cm³/mol. The third-order valence-corrected chi connectivity index (χ3v) is 4.66. The van der Waals surface area contributed by atoms with Crippen molar-refractivity contribution < 1.29 is 13.2 Å². The van der Waals surface area contributed by atoms with E-state index in [1.165, 1.54) is 30.4 Å². The number of hydrogen-bond donors (Lipinski definition) is 2. The van der Waals surface area contributed by atoms with Crippen molar-refractivity contribution in [3.8, 4) is 0 Å². The highest BCUT2D eigenvalue weighted by Gasteiger charge is 2.21. The molecule has 0 spiro atoms. The normalized spacial score (nSPS) is 11.6. The molecule has 1 aromatic carbocycles. The summed E-state index contributed by atoms with van der Waals surface area (Å²) in [7, 11) is -2.08. The van der Waals surface area contributed by atoms with Gasteiger partial charge in [0, 0.05) is 38.0 Å². The number of hydrogen-bond acceptors (Lipinski definition) is 4. The number of carbonyl (C=O) groups excluding carboxylic acids is 1. The molecule has 1 heterocycles. The molecule has 8 heteroatoms. The maximum atomic E-state index is 12.4. The number of anilines is 1. The minimum Gasteiger partial charge on any atom is -0.326 e. The molecule has 0 aliphatic rings. The Balaban J connectivity index is 2.16. The van der Waals surface area contributed by atoms with Crippen molar-refractivity contribution in [3.63, 3.8) is 0 Å². The van der Waals surface area contributed by atoms with E-state index in [-0.39, 0.29) is 17.3 Å². The Morgan fingerprint density at radius 2 is 2.00 bits per heavy atom. The molecule has 21 heavy (non-hydrogen) atoms. The Bertz CT molecular complexity index is 708. The van der Waals surface area contributed by atoms with Gasteiger partial charge in [-0.25, -0.2) is 8.42 Å². The van der Waals surface area contributed by atoms with Crippen LogP contribution in [0.15, 0.2) is 41.6 Å². The van der Waals surface area contributed by atoms with Gasteiger partial charge < -0.3 is 5.32 Å². The zero-order valence-corrected chi connectivity index (χ0v) is 12.5. The highest BCUT2D eigenvalue weighted by atomic mass is 32.2. The molecule has 2 rings (SSSR count). The molecule has 0 saturated heterocycles. The lowest BCUT2D eigenvalue weighted by molar-refractivity contribution is -0.114. The Morgan fingerprint density at radius 3 is 2.52 bits per heavy atom. The van der Waals surface area contributed by atoms with Crippen molar-refractivity contribution in [2.24, 2.45) is 0 Å². The Morgan fingerprint density at radius 1 is 1.33 bits per heavy atom. The van der Waals surface area contributed by atoms with Crippen LogP contribution in [0.25, 0.3) is 0 Å². The van der Waals surface area contributed by atoms with Gasteiger partial charge in [0.2, 0.25) is 15.9 Å². The van der Waals surface area contributed by atoms with Crippen molar-refractivity contribution in [2.75, 3.05) is 12.4 Å². The fraction of sp³-hybridized carbons (Fsp3) is 0.231. The van der Waals surface area contributed by atoms with Crippen LogP contribution in [-0.2, 0) is 21.4 Å². The number of rotatable bonds is 5. The lowest BCUT2D eigenvalue weighted by atomic mass is 10.3. The second-order valence-corrected chi connectivity index (χ2v) is 6.62. The smallest absolute Gasteiger partial charge is 0.243 e. The Kier molecular flexibility index (Phi) is 4.39. The van der Waals surface area contributed by atoms with E-state index < -0.39 is 10.0 Å². The van der Waals surface area contributed by atoms with Crippen molar-refractivity contribution in [2.45, 2.75) is 18.4 Å². The van der Waals surface area contributed by atoms with E-state index in [1.54, 1.807) is 24.5 Å². The molecule has 0 aliphatic heterocycles. The summed E-state index contributed by atoms with van der Waals surface area (Å²) in [4.78, 5) is 11.1. The first-order valence-corrected chi connectivity index (χ1v) is 7.65. The van der Waals surface area contributed by atoms with E-state index >= 15 is 0 Å². The van der Waals surface area contributed by atoms with E-state index in [4.69, 9.17) is 0 Å².